The second kappa shape index (κ2) is 6.74. The molecule has 1 aromatic heterocycles. The van der Waals surface area contributed by atoms with Gasteiger partial charge in [-0.05, 0) is 37.1 Å². The molecule has 0 saturated carbocycles. The van der Waals surface area contributed by atoms with Crippen LogP contribution in [0.1, 0.15) is 21.6 Å². The number of fused-ring (bicyclic) bond motifs is 1. The zero-order chi connectivity index (χ0) is 17.1. The van der Waals surface area contributed by atoms with Gasteiger partial charge in [-0.2, -0.15) is 0 Å². The second-order valence-corrected chi connectivity index (χ2v) is 5.56. The third-order valence-electron chi connectivity index (χ3n) is 3.85. The van der Waals surface area contributed by atoms with E-state index in [9.17, 15) is 13.6 Å². The molecule has 0 aliphatic heterocycles. The predicted octanol–water partition coefficient (Wildman–Crippen LogP) is 3.79. The second-order valence-electron chi connectivity index (χ2n) is 5.56. The van der Waals surface area contributed by atoms with Gasteiger partial charge in [-0.15, -0.1) is 0 Å². The standard InChI is InChI=1S/C19H16F2N2O/c1-12-16(10-14-4-2-3-5-18(14)23-12)19(24)22-9-8-13-6-7-15(20)11-17(13)21/h2-7,10-11H,8-9H2,1H3,(H,22,24). The number of amides is 1. The molecule has 0 aliphatic rings. The van der Waals surface area contributed by atoms with Gasteiger partial charge >= 0.3 is 0 Å². The summed E-state index contributed by atoms with van der Waals surface area (Å²) in [6.45, 7) is 2.04. The molecule has 0 saturated heterocycles. The Bertz CT molecular complexity index is 909. The van der Waals surface area contributed by atoms with Crippen molar-refractivity contribution in [1.82, 2.24) is 10.3 Å². The first-order valence-electron chi connectivity index (χ1n) is 7.63. The molecule has 1 N–H and O–H groups in total. The van der Waals surface area contributed by atoms with Crippen LogP contribution in [0.3, 0.4) is 0 Å². The third kappa shape index (κ3) is 3.40. The Labute approximate surface area is 138 Å². The van der Waals surface area contributed by atoms with Crippen LogP contribution in [0.2, 0.25) is 0 Å². The zero-order valence-electron chi connectivity index (χ0n) is 13.1. The molecule has 0 bridgehead atoms. The normalized spacial score (nSPS) is 10.8. The van der Waals surface area contributed by atoms with E-state index < -0.39 is 11.6 Å². The van der Waals surface area contributed by atoms with E-state index in [1.807, 2.05) is 24.3 Å². The molecule has 0 radical (unpaired) electrons. The minimum Gasteiger partial charge on any atom is -0.352 e. The number of para-hydroxylation sites is 1. The van der Waals surface area contributed by atoms with Gasteiger partial charge < -0.3 is 5.32 Å². The quantitative estimate of drug-likeness (QED) is 0.792. The number of nitrogens with zero attached hydrogens (tertiary/aromatic N) is 1. The van der Waals surface area contributed by atoms with Crippen LogP contribution in [-0.4, -0.2) is 17.4 Å². The molecular formula is C19H16F2N2O. The number of nitrogens with one attached hydrogen (secondary N) is 1. The first kappa shape index (κ1) is 16.1. The van der Waals surface area contributed by atoms with Crippen LogP contribution in [-0.2, 0) is 6.42 Å². The predicted molar refractivity (Wildman–Crippen MR) is 88.9 cm³/mol. The number of aryl methyl sites for hydroxylation is 1. The van der Waals surface area contributed by atoms with Crippen LogP contribution < -0.4 is 5.32 Å². The Morgan fingerprint density at radius 2 is 1.92 bits per heavy atom. The average Bonchev–Trinajstić information content (AvgIpc) is 2.56. The van der Waals surface area contributed by atoms with Crippen molar-refractivity contribution in [2.75, 3.05) is 6.54 Å². The highest BCUT2D eigenvalue weighted by molar-refractivity contribution is 5.98. The molecular weight excluding hydrogens is 310 g/mol. The fourth-order valence-electron chi connectivity index (χ4n) is 2.57. The van der Waals surface area contributed by atoms with Gasteiger partial charge in [-0.1, -0.05) is 24.3 Å². The number of pyridine rings is 1. The molecule has 2 aromatic carbocycles. The Hall–Kier alpha value is -2.82. The maximum atomic E-state index is 13.6. The van der Waals surface area contributed by atoms with Crippen molar-refractivity contribution in [3.8, 4) is 0 Å². The smallest absolute Gasteiger partial charge is 0.253 e. The molecule has 5 heteroatoms. The maximum absolute atomic E-state index is 13.6. The summed E-state index contributed by atoms with van der Waals surface area (Å²) in [6, 6.07) is 12.8. The lowest BCUT2D eigenvalue weighted by Crippen LogP contribution is -2.26. The van der Waals surface area contributed by atoms with E-state index in [2.05, 4.69) is 10.3 Å². The summed E-state index contributed by atoms with van der Waals surface area (Å²) < 4.78 is 26.4. The molecule has 3 rings (SSSR count). The summed E-state index contributed by atoms with van der Waals surface area (Å²) in [4.78, 5) is 16.8. The fourth-order valence-corrected chi connectivity index (χ4v) is 2.57. The van der Waals surface area contributed by atoms with Crippen molar-refractivity contribution in [1.29, 1.82) is 0 Å². The fraction of sp³-hybridized carbons (Fsp3) is 0.158. The van der Waals surface area contributed by atoms with Gasteiger partial charge in [0.1, 0.15) is 11.6 Å². The third-order valence-corrected chi connectivity index (χ3v) is 3.85. The first-order valence-corrected chi connectivity index (χ1v) is 7.63. The summed E-state index contributed by atoms with van der Waals surface area (Å²) in [7, 11) is 0. The van der Waals surface area contributed by atoms with Gasteiger partial charge in [0.2, 0.25) is 0 Å². The molecule has 122 valence electrons. The highest BCUT2D eigenvalue weighted by Crippen LogP contribution is 2.16. The number of rotatable bonds is 4. The number of carbonyl (C=O) groups is 1. The van der Waals surface area contributed by atoms with Crippen molar-refractivity contribution < 1.29 is 13.6 Å². The van der Waals surface area contributed by atoms with E-state index in [0.29, 0.717) is 16.8 Å². The van der Waals surface area contributed by atoms with Crippen molar-refractivity contribution in [2.24, 2.45) is 0 Å². The van der Waals surface area contributed by atoms with E-state index in [4.69, 9.17) is 0 Å². The summed E-state index contributed by atoms with van der Waals surface area (Å²) in [6.07, 6.45) is 0.290. The monoisotopic (exact) mass is 326 g/mol. The van der Waals surface area contributed by atoms with Gasteiger partial charge in [0, 0.05) is 18.0 Å². The molecule has 1 amide bonds. The Morgan fingerprint density at radius 1 is 1.12 bits per heavy atom. The summed E-state index contributed by atoms with van der Waals surface area (Å²) in [5.74, 6) is -1.47. The van der Waals surface area contributed by atoms with E-state index in [1.165, 1.54) is 12.1 Å². The first-order chi connectivity index (χ1) is 11.5. The summed E-state index contributed by atoms with van der Waals surface area (Å²) in [5.41, 5.74) is 2.33. The Kier molecular flexibility index (Phi) is 4.51. The minimum absolute atomic E-state index is 0.256. The SMILES string of the molecule is Cc1nc2ccccc2cc1C(=O)NCCc1ccc(F)cc1F. The Balaban J connectivity index is 1.70. The van der Waals surface area contributed by atoms with Crippen LogP contribution in [0.25, 0.3) is 10.9 Å². The van der Waals surface area contributed by atoms with Crippen molar-refractivity contribution in [3.63, 3.8) is 0 Å². The van der Waals surface area contributed by atoms with Crippen molar-refractivity contribution in [3.05, 3.63) is 77.0 Å². The summed E-state index contributed by atoms with van der Waals surface area (Å²) in [5, 5.41) is 3.64. The lowest BCUT2D eigenvalue weighted by Gasteiger charge is -2.09. The van der Waals surface area contributed by atoms with E-state index >= 15 is 0 Å². The number of hydrogen-bond acceptors (Lipinski definition) is 2. The van der Waals surface area contributed by atoms with Crippen LogP contribution in [0.5, 0.6) is 0 Å². The van der Waals surface area contributed by atoms with E-state index in [1.54, 1.807) is 13.0 Å². The number of halogens is 2. The van der Waals surface area contributed by atoms with Crippen LogP contribution in [0, 0.1) is 18.6 Å². The number of hydrogen-bond donors (Lipinski definition) is 1. The van der Waals surface area contributed by atoms with Crippen LogP contribution in [0.4, 0.5) is 8.78 Å². The maximum Gasteiger partial charge on any atom is 0.253 e. The number of aromatic nitrogens is 1. The van der Waals surface area contributed by atoms with E-state index in [-0.39, 0.29) is 18.9 Å². The van der Waals surface area contributed by atoms with Gasteiger partial charge in [0.25, 0.3) is 5.91 Å². The molecule has 0 aliphatic carbocycles. The molecule has 24 heavy (non-hydrogen) atoms. The largest absolute Gasteiger partial charge is 0.352 e. The molecule has 0 unspecified atom stereocenters. The molecule has 0 fully saturated rings. The van der Waals surface area contributed by atoms with Gasteiger partial charge in [0.05, 0.1) is 16.8 Å². The van der Waals surface area contributed by atoms with Crippen LogP contribution in [0.15, 0.2) is 48.5 Å². The van der Waals surface area contributed by atoms with Gasteiger partial charge in [-0.3, -0.25) is 9.78 Å². The number of carbonyl (C=O) groups excluding carboxylic acids is 1. The average molecular weight is 326 g/mol. The lowest BCUT2D eigenvalue weighted by molar-refractivity contribution is 0.0953. The molecule has 1 heterocycles. The highest BCUT2D eigenvalue weighted by Gasteiger charge is 2.11. The number of benzene rings is 2. The van der Waals surface area contributed by atoms with E-state index in [0.717, 1.165) is 17.0 Å². The summed E-state index contributed by atoms with van der Waals surface area (Å²) >= 11 is 0. The zero-order valence-corrected chi connectivity index (χ0v) is 13.1. The molecule has 3 nitrogen and oxygen atoms in total. The Morgan fingerprint density at radius 3 is 2.71 bits per heavy atom. The van der Waals surface area contributed by atoms with Crippen LogP contribution >= 0.6 is 0 Å². The highest BCUT2D eigenvalue weighted by atomic mass is 19.1. The molecule has 0 spiro atoms. The topological polar surface area (TPSA) is 42.0 Å². The van der Waals surface area contributed by atoms with Gasteiger partial charge in [-0.25, -0.2) is 8.78 Å². The van der Waals surface area contributed by atoms with Crippen molar-refractivity contribution in [2.45, 2.75) is 13.3 Å². The lowest BCUT2D eigenvalue weighted by atomic mass is 10.1. The van der Waals surface area contributed by atoms with Gasteiger partial charge in [0.15, 0.2) is 0 Å². The van der Waals surface area contributed by atoms with Crippen molar-refractivity contribution >= 4 is 16.8 Å². The molecule has 3 aromatic rings. The minimum atomic E-state index is -0.613. The molecule has 0 atom stereocenters.